The first-order valence-corrected chi connectivity index (χ1v) is 6.81. The highest BCUT2D eigenvalue weighted by atomic mass is 79.9. The standard InChI is InChI=1S/C15H14BrFO2/c16-14-8-7-13(11-15(14)17)19-10-4-9-18-12-5-2-1-3-6-12/h1-3,5-8,11H,4,9-10H2. The van der Waals surface area contributed by atoms with Gasteiger partial charge in [0.2, 0.25) is 0 Å². The van der Waals surface area contributed by atoms with Crippen LogP contribution in [0, 0.1) is 5.82 Å². The Morgan fingerprint density at radius 2 is 1.58 bits per heavy atom. The zero-order valence-corrected chi connectivity index (χ0v) is 11.9. The van der Waals surface area contributed by atoms with E-state index in [1.165, 1.54) is 6.07 Å². The number of benzene rings is 2. The SMILES string of the molecule is Fc1cc(OCCCOc2ccccc2)ccc1Br. The molecule has 0 aliphatic carbocycles. The monoisotopic (exact) mass is 324 g/mol. The Bertz CT molecular complexity index is 517. The van der Waals surface area contributed by atoms with E-state index in [-0.39, 0.29) is 5.82 Å². The predicted molar refractivity (Wildman–Crippen MR) is 76.1 cm³/mol. The number of hydrogen-bond donors (Lipinski definition) is 0. The van der Waals surface area contributed by atoms with Crippen LogP contribution in [0.1, 0.15) is 6.42 Å². The van der Waals surface area contributed by atoms with Gasteiger partial charge in [0.1, 0.15) is 17.3 Å². The summed E-state index contributed by atoms with van der Waals surface area (Å²) in [4.78, 5) is 0. The van der Waals surface area contributed by atoms with Crippen LogP contribution in [-0.4, -0.2) is 13.2 Å². The maximum absolute atomic E-state index is 13.2. The van der Waals surface area contributed by atoms with Gasteiger partial charge < -0.3 is 9.47 Å². The van der Waals surface area contributed by atoms with E-state index in [1.54, 1.807) is 12.1 Å². The first-order valence-electron chi connectivity index (χ1n) is 6.01. The number of para-hydroxylation sites is 1. The second kappa shape index (κ2) is 7.14. The highest BCUT2D eigenvalue weighted by Crippen LogP contribution is 2.20. The van der Waals surface area contributed by atoms with Crippen LogP contribution in [0.15, 0.2) is 53.0 Å². The van der Waals surface area contributed by atoms with E-state index < -0.39 is 0 Å². The molecule has 0 aromatic heterocycles. The van der Waals surface area contributed by atoms with Crippen molar-refractivity contribution < 1.29 is 13.9 Å². The smallest absolute Gasteiger partial charge is 0.141 e. The summed E-state index contributed by atoms with van der Waals surface area (Å²) in [6.07, 6.45) is 0.743. The second-order valence-corrected chi connectivity index (χ2v) is 4.79. The predicted octanol–water partition coefficient (Wildman–Crippen LogP) is 4.44. The van der Waals surface area contributed by atoms with Crippen LogP contribution in [-0.2, 0) is 0 Å². The van der Waals surface area contributed by atoms with E-state index >= 15 is 0 Å². The molecule has 0 bridgehead atoms. The summed E-state index contributed by atoms with van der Waals surface area (Å²) in [7, 11) is 0. The molecule has 2 rings (SSSR count). The third kappa shape index (κ3) is 4.56. The Labute approximate surface area is 120 Å². The maximum Gasteiger partial charge on any atom is 0.141 e. The fourth-order valence-electron chi connectivity index (χ4n) is 1.52. The molecule has 0 heterocycles. The molecule has 0 saturated carbocycles. The van der Waals surface area contributed by atoms with Gasteiger partial charge in [-0.1, -0.05) is 18.2 Å². The molecule has 0 spiro atoms. The van der Waals surface area contributed by atoms with Gasteiger partial charge in [0.15, 0.2) is 0 Å². The molecule has 0 radical (unpaired) electrons. The summed E-state index contributed by atoms with van der Waals surface area (Å²) in [5.41, 5.74) is 0. The maximum atomic E-state index is 13.2. The fraction of sp³-hybridized carbons (Fsp3) is 0.200. The van der Waals surface area contributed by atoms with E-state index in [0.29, 0.717) is 23.4 Å². The van der Waals surface area contributed by atoms with Gasteiger partial charge in [0.25, 0.3) is 0 Å². The van der Waals surface area contributed by atoms with Crippen molar-refractivity contribution in [2.45, 2.75) is 6.42 Å². The molecule has 2 aromatic carbocycles. The molecule has 0 unspecified atom stereocenters. The lowest BCUT2D eigenvalue weighted by Gasteiger charge is -2.08. The average Bonchev–Trinajstić information content (AvgIpc) is 2.43. The summed E-state index contributed by atoms with van der Waals surface area (Å²) in [6, 6.07) is 14.3. The van der Waals surface area contributed by atoms with Crippen LogP contribution in [0.3, 0.4) is 0 Å². The molecule has 4 heteroatoms. The molecular weight excluding hydrogens is 311 g/mol. The van der Waals surface area contributed by atoms with Crippen molar-refractivity contribution >= 4 is 15.9 Å². The zero-order chi connectivity index (χ0) is 13.5. The number of ether oxygens (including phenoxy) is 2. The molecule has 0 atom stereocenters. The molecule has 0 amide bonds. The van der Waals surface area contributed by atoms with Crippen molar-refractivity contribution in [3.05, 3.63) is 58.8 Å². The number of hydrogen-bond acceptors (Lipinski definition) is 2. The van der Waals surface area contributed by atoms with Crippen molar-refractivity contribution in [2.75, 3.05) is 13.2 Å². The third-order valence-corrected chi connectivity index (χ3v) is 3.10. The quantitative estimate of drug-likeness (QED) is 0.731. The molecule has 2 aromatic rings. The second-order valence-electron chi connectivity index (χ2n) is 3.94. The van der Waals surface area contributed by atoms with Gasteiger partial charge in [-0.2, -0.15) is 0 Å². The third-order valence-electron chi connectivity index (χ3n) is 2.46. The van der Waals surface area contributed by atoms with E-state index in [4.69, 9.17) is 9.47 Å². The van der Waals surface area contributed by atoms with Crippen molar-refractivity contribution in [3.63, 3.8) is 0 Å². The Morgan fingerprint density at radius 1 is 0.895 bits per heavy atom. The topological polar surface area (TPSA) is 18.5 Å². The molecule has 0 aliphatic heterocycles. The van der Waals surface area contributed by atoms with Crippen LogP contribution in [0.5, 0.6) is 11.5 Å². The Hall–Kier alpha value is -1.55. The lowest BCUT2D eigenvalue weighted by molar-refractivity contribution is 0.247. The lowest BCUT2D eigenvalue weighted by atomic mass is 10.3. The summed E-state index contributed by atoms with van der Waals surface area (Å²) < 4.78 is 24.6. The molecule has 0 saturated heterocycles. The van der Waals surface area contributed by atoms with Gasteiger partial charge in [0, 0.05) is 12.5 Å². The van der Waals surface area contributed by atoms with Gasteiger partial charge in [-0.05, 0) is 40.2 Å². The van der Waals surface area contributed by atoms with Crippen LogP contribution in [0.2, 0.25) is 0 Å². The normalized spacial score (nSPS) is 10.2. The highest BCUT2D eigenvalue weighted by molar-refractivity contribution is 9.10. The molecule has 0 aliphatic rings. The van der Waals surface area contributed by atoms with Gasteiger partial charge >= 0.3 is 0 Å². The van der Waals surface area contributed by atoms with E-state index in [1.807, 2.05) is 30.3 Å². The van der Waals surface area contributed by atoms with Crippen molar-refractivity contribution in [3.8, 4) is 11.5 Å². The zero-order valence-electron chi connectivity index (χ0n) is 10.3. The van der Waals surface area contributed by atoms with E-state index in [9.17, 15) is 4.39 Å². The van der Waals surface area contributed by atoms with Gasteiger partial charge in [0.05, 0.1) is 17.7 Å². The first kappa shape index (κ1) is 13.9. The van der Waals surface area contributed by atoms with Crippen LogP contribution >= 0.6 is 15.9 Å². The van der Waals surface area contributed by atoms with Gasteiger partial charge in [-0.15, -0.1) is 0 Å². The minimum atomic E-state index is -0.321. The minimum absolute atomic E-state index is 0.321. The Balaban J connectivity index is 1.68. The lowest BCUT2D eigenvalue weighted by Crippen LogP contribution is -2.05. The highest BCUT2D eigenvalue weighted by Gasteiger charge is 2.01. The molecular formula is C15H14BrFO2. The van der Waals surface area contributed by atoms with Gasteiger partial charge in [-0.25, -0.2) is 4.39 Å². The molecule has 2 nitrogen and oxygen atoms in total. The summed E-state index contributed by atoms with van der Waals surface area (Å²) in [5.74, 6) is 1.05. The van der Waals surface area contributed by atoms with E-state index in [2.05, 4.69) is 15.9 Å². The van der Waals surface area contributed by atoms with Crippen molar-refractivity contribution in [2.24, 2.45) is 0 Å². The van der Waals surface area contributed by atoms with E-state index in [0.717, 1.165) is 12.2 Å². The number of halogens is 2. The molecule has 100 valence electrons. The summed E-state index contributed by atoms with van der Waals surface area (Å²) in [6.45, 7) is 1.07. The molecule has 0 N–H and O–H groups in total. The van der Waals surface area contributed by atoms with Crippen LogP contribution in [0.4, 0.5) is 4.39 Å². The Kier molecular flexibility index (Phi) is 5.21. The van der Waals surface area contributed by atoms with Crippen molar-refractivity contribution in [1.29, 1.82) is 0 Å². The van der Waals surface area contributed by atoms with Crippen LogP contribution in [0.25, 0.3) is 0 Å². The summed E-state index contributed by atoms with van der Waals surface area (Å²) >= 11 is 3.10. The summed E-state index contributed by atoms with van der Waals surface area (Å²) in [5, 5.41) is 0. The fourth-order valence-corrected chi connectivity index (χ4v) is 1.77. The number of rotatable bonds is 6. The average molecular weight is 325 g/mol. The van der Waals surface area contributed by atoms with Crippen LogP contribution < -0.4 is 9.47 Å². The largest absolute Gasteiger partial charge is 0.493 e. The molecule has 19 heavy (non-hydrogen) atoms. The van der Waals surface area contributed by atoms with Gasteiger partial charge in [-0.3, -0.25) is 0 Å². The van der Waals surface area contributed by atoms with Crippen molar-refractivity contribution in [1.82, 2.24) is 0 Å². The minimum Gasteiger partial charge on any atom is -0.493 e. The molecule has 0 fully saturated rings. The first-order chi connectivity index (χ1) is 9.25. The Morgan fingerprint density at radius 3 is 2.26 bits per heavy atom.